The molecule has 0 fully saturated rings. The lowest BCUT2D eigenvalue weighted by Crippen LogP contribution is -2.09. The van der Waals surface area contributed by atoms with Gasteiger partial charge in [0.1, 0.15) is 5.82 Å². The fraction of sp³-hybridized carbons (Fsp3) is 0.667. The fourth-order valence-corrected chi connectivity index (χ4v) is 1.66. The molecule has 0 aliphatic carbocycles. The third kappa shape index (κ3) is 1.31. The molecule has 13 heavy (non-hydrogen) atoms. The highest BCUT2D eigenvalue weighted by atomic mass is 16.5. The van der Waals surface area contributed by atoms with E-state index in [1.807, 2.05) is 4.68 Å². The summed E-state index contributed by atoms with van der Waals surface area (Å²) in [5, 5.41) is 4.42. The van der Waals surface area contributed by atoms with Gasteiger partial charge < -0.3 is 10.5 Å². The highest BCUT2D eigenvalue weighted by molar-refractivity contribution is 5.44. The van der Waals surface area contributed by atoms with Gasteiger partial charge in [0.15, 0.2) is 0 Å². The Morgan fingerprint density at radius 1 is 1.54 bits per heavy atom. The molecule has 2 rings (SSSR count). The van der Waals surface area contributed by atoms with E-state index in [4.69, 9.17) is 10.5 Å². The molecule has 0 unspecified atom stereocenters. The third-order valence-electron chi connectivity index (χ3n) is 2.36. The molecule has 1 aliphatic rings. The molecule has 1 aromatic rings. The molecule has 0 saturated carbocycles. The molecule has 0 radical (unpaired) electrons. The minimum Gasteiger partial charge on any atom is -0.384 e. The summed E-state index contributed by atoms with van der Waals surface area (Å²) in [7, 11) is 0. The van der Waals surface area contributed by atoms with Crippen LogP contribution in [0.4, 0.5) is 5.82 Å². The van der Waals surface area contributed by atoms with Gasteiger partial charge in [0.2, 0.25) is 0 Å². The first-order valence-electron chi connectivity index (χ1n) is 4.63. The smallest absolute Gasteiger partial charge is 0.125 e. The van der Waals surface area contributed by atoms with Crippen molar-refractivity contribution < 1.29 is 4.74 Å². The number of nitrogens with zero attached hydrogens (tertiary/aromatic N) is 2. The van der Waals surface area contributed by atoms with Gasteiger partial charge in [0.25, 0.3) is 0 Å². The van der Waals surface area contributed by atoms with E-state index in [9.17, 15) is 0 Å². The summed E-state index contributed by atoms with van der Waals surface area (Å²) >= 11 is 0. The molecule has 2 heterocycles. The van der Waals surface area contributed by atoms with Gasteiger partial charge in [0, 0.05) is 18.0 Å². The number of fused-ring (bicyclic) bond motifs is 1. The summed E-state index contributed by atoms with van der Waals surface area (Å²) in [5.41, 5.74) is 8.16. The van der Waals surface area contributed by atoms with Crippen LogP contribution in [0.1, 0.15) is 31.1 Å². The first-order valence-corrected chi connectivity index (χ1v) is 4.63. The van der Waals surface area contributed by atoms with Crippen LogP contribution < -0.4 is 5.73 Å². The van der Waals surface area contributed by atoms with E-state index in [0.717, 1.165) is 24.5 Å². The monoisotopic (exact) mass is 181 g/mol. The maximum Gasteiger partial charge on any atom is 0.125 e. The SMILES string of the molecule is CC(C)n1nc2c(c1N)CCOC2. The van der Waals surface area contributed by atoms with Crippen molar-refractivity contribution in [1.82, 2.24) is 9.78 Å². The second-order valence-corrected chi connectivity index (χ2v) is 3.65. The zero-order chi connectivity index (χ0) is 9.42. The Balaban J connectivity index is 2.44. The van der Waals surface area contributed by atoms with E-state index >= 15 is 0 Å². The van der Waals surface area contributed by atoms with Gasteiger partial charge in [-0.15, -0.1) is 0 Å². The molecule has 1 aromatic heterocycles. The lowest BCUT2D eigenvalue weighted by atomic mass is 10.1. The molecule has 72 valence electrons. The molecule has 2 N–H and O–H groups in total. The van der Waals surface area contributed by atoms with E-state index in [1.165, 1.54) is 5.56 Å². The standard InChI is InChI=1S/C9H15N3O/c1-6(2)12-9(10)7-3-4-13-5-8(7)11-12/h6H,3-5,10H2,1-2H3. The molecule has 4 nitrogen and oxygen atoms in total. The Labute approximate surface area is 77.7 Å². The summed E-state index contributed by atoms with van der Waals surface area (Å²) in [6.45, 7) is 5.53. The molecular formula is C9H15N3O. The quantitative estimate of drug-likeness (QED) is 0.706. The number of nitrogens with two attached hydrogens (primary N) is 1. The molecule has 4 heteroatoms. The van der Waals surface area contributed by atoms with Gasteiger partial charge in [-0.25, -0.2) is 4.68 Å². The van der Waals surface area contributed by atoms with Crippen molar-refractivity contribution in [2.75, 3.05) is 12.3 Å². The predicted octanol–water partition coefficient (Wildman–Crippen LogP) is 1.12. The number of aromatic nitrogens is 2. The van der Waals surface area contributed by atoms with Crippen molar-refractivity contribution >= 4 is 5.82 Å². The third-order valence-corrected chi connectivity index (χ3v) is 2.36. The average molecular weight is 181 g/mol. The Morgan fingerprint density at radius 3 is 2.92 bits per heavy atom. The van der Waals surface area contributed by atoms with Crippen LogP contribution in [-0.4, -0.2) is 16.4 Å². The van der Waals surface area contributed by atoms with Crippen molar-refractivity contribution in [2.45, 2.75) is 32.9 Å². The van der Waals surface area contributed by atoms with E-state index < -0.39 is 0 Å². The minimum absolute atomic E-state index is 0.325. The minimum atomic E-state index is 0.325. The molecular weight excluding hydrogens is 166 g/mol. The largest absolute Gasteiger partial charge is 0.384 e. The molecule has 0 amide bonds. The molecule has 0 bridgehead atoms. The van der Waals surface area contributed by atoms with E-state index in [0.29, 0.717) is 12.6 Å². The highest BCUT2D eigenvalue weighted by Gasteiger charge is 2.19. The Morgan fingerprint density at radius 2 is 2.31 bits per heavy atom. The molecule has 0 atom stereocenters. The molecule has 1 aliphatic heterocycles. The number of ether oxygens (including phenoxy) is 1. The van der Waals surface area contributed by atoms with E-state index in [-0.39, 0.29) is 0 Å². The Hall–Kier alpha value is -1.03. The first-order chi connectivity index (χ1) is 6.20. The van der Waals surface area contributed by atoms with Gasteiger partial charge in [-0.1, -0.05) is 0 Å². The van der Waals surface area contributed by atoms with Crippen LogP contribution >= 0.6 is 0 Å². The van der Waals surface area contributed by atoms with Crippen molar-refractivity contribution in [3.05, 3.63) is 11.3 Å². The van der Waals surface area contributed by atoms with Crippen molar-refractivity contribution in [1.29, 1.82) is 0 Å². The van der Waals surface area contributed by atoms with Crippen molar-refractivity contribution in [3.63, 3.8) is 0 Å². The summed E-state index contributed by atoms with van der Waals surface area (Å²) in [5.74, 6) is 0.813. The van der Waals surface area contributed by atoms with Crippen LogP contribution in [0, 0.1) is 0 Å². The fourth-order valence-electron chi connectivity index (χ4n) is 1.66. The second kappa shape index (κ2) is 3.03. The van der Waals surface area contributed by atoms with Gasteiger partial charge in [-0.05, 0) is 13.8 Å². The maximum atomic E-state index is 5.97. The molecule has 0 saturated heterocycles. The van der Waals surface area contributed by atoms with E-state index in [2.05, 4.69) is 18.9 Å². The number of hydrogen-bond acceptors (Lipinski definition) is 3. The van der Waals surface area contributed by atoms with Crippen molar-refractivity contribution in [3.8, 4) is 0 Å². The van der Waals surface area contributed by atoms with Crippen LogP contribution in [0.3, 0.4) is 0 Å². The lowest BCUT2D eigenvalue weighted by molar-refractivity contribution is 0.108. The normalized spacial score (nSPS) is 16.2. The maximum absolute atomic E-state index is 5.97. The summed E-state index contributed by atoms with van der Waals surface area (Å²) in [6.07, 6.45) is 0.897. The van der Waals surface area contributed by atoms with Gasteiger partial charge >= 0.3 is 0 Å². The van der Waals surface area contributed by atoms with Gasteiger partial charge in [-0.3, -0.25) is 0 Å². The number of hydrogen-bond donors (Lipinski definition) is 1. The van der Waals surface area contributed by atoms with Crippen LogP contribution in [0.25, 0.3) is 0 Å². The van der Waals surface area contributed by atoms with E-state index in [1.54, 1.807) is 0 Å². The summed E-state index contributed by atoms with van der Waals surface area (Å²) < 4.78 is 7.19. The number of rotatable bonds is 1. The predicted molar refractivity (Wildman–Crippen MR) is 50.4 cm³/mol. The van der Waals surface area contributed by atoms with Crippen LogP contribution in [0.2, 0.25) is 0 Å². The first kappa shape index (κ1) is 8.56. The van der Waals surface area contributed by atoms with Crippen molar-refractivity contribution in [2.24, 2.45) is 0 Å². The Kier molecular flexibility index (Phi) is 2.00. The van der Waals surface area contributed by atoms with Gasteiger partial charge in [-0.2, -0.15) is 5.10 Å². The lowest BCUT2D eigenvalue weighted by Gasteiger charge is -2.10. The second-order valence-electron chi connectivity index (χ2n) is 3.65. The topological polar surface area (TPSA) is 53.1 Å². The van der Waals surface area contributed by atoms with Crippen LogP contribution in [0.5, 0.6) is 0 Å². The summed E-state index contributed by atoms with van der Waals surface area (Å²) in [6, 6.07) is 0.325. The van der Waals surface area contributed by atoms with Gasteiger partial charge in [0.05, 0.1) is 18.9 Å². The molecule has 0 spiro atoms. The highest BCUT2D eigenvalue weighted by Crippen LogP contribution is 2.24. The Bertz CT molecular complexity index is 317. The zero-order valence-electron chi connectivity index (χ0n) is 8.08. The average Bonchev–Trinajstić information content (AvgIpc) is 2.45. The summed E-state index contributed by atoms with van der Waals surface area (Å²) in [4.78, 5) is 0. The number of nitrogen functional groups attached to an aromatic ring is 1. The zero-order valence-corrected chi connectivity index (χ0v) is 8.08. The number of anilines is 1. The molecule has 0 aromatic carbocycles. The van der Waals surface area contributed by atoms with Crippen LogP contribution in [-0.2, 0) is 17.8 Å². The van der Waals surface area contributed by atoms with Crippen LogP contribution in [0.15, 0.2) is 0 Å².